The first-order chi connectivity index (χ1) is 5.80. The van der Waals surface area contributed by atoms with Crippen LogP contribution in [0.15, 0.2) is 53.0 Å². The summed E-state index contributed by atoms with van der Waals surface area (Å²) < 4.78 is 1.20. The molecule has 2 rings (SSSR count). The van der Waals surface area contributed by atoms with Gasteiger partial charge < -0.3 is 0 Å². The monoisotopic (exact) mass is 278 g/mol. The maximum atomic E-state index is 3.37. The van der Waals surface area contributed by atoms with Crippen LogP contribution in [-0.4, -0.2) is 0 Å². The van der Waals surface area contributed by atoms with Crippen molar-refractivity contribution in [3.63, 3.8) is 0 Å². The molecule has 0 bridgehead atoms. The molecule has 2 aromatic rings. The van der Waals surface area contributed by atoms with Gasteiger partial charge in [-0.25, -0.2) is 18.2 Å². The van der Waals surface area contributed by atoms with Crippen molar-refractivity contribution in [1.82, 2.24) is 0 Å². The van der Waals surface area contributed by atoms with Gasteiger partial charge in [0.1, 0.15) is 0 Å². The predicted molar refractivity (Wildman–Crippen MR) is 56.5 cm³/mol. The van der Waals surface area contributed by atoms with E-state index in [9.17, 15) is 0 Å². The van der Waals surface area contributed by atoms with Gasteiger partial charge in [-0.1, -0.05) is 27.3 Å². The predicted octanol–water partition coefficient (Wildman–Crippen LogP) is 3.88. The molecule has 0 aromatic heterocycles. The van der Waals surface area contributed by atoms with Crippen molar-refractivity contribution in [2.45, 2.75) is 6.92 Å². The molecule has 70 valence electrons. The molecular formula is C11H11BrFe. The van der Waals surface area contributed by atoms with Crippen molar-refractivity contribution in [2.24, 2.45) is 0 Å². The molecule has 0 atom stereocenters. The zero-order chi connectivity index (χ0) is 8.81. The van der Waals surface area contributed by atoms with Gasteiger partial charge in [0.05, 0.1) is 0 Å². The van der Waals surface area contributed by atoms with Gasteiger partial charge in [-0.15, -0.1) is 0 Å². The Labute approximate surface area is 98.3 Å². The van der Waals surface area contributed by atoms with Crippen molar-refractivity contribution in [3.05, 3.63) is 58.6 Å². The molecule has 2 aromatic carbocycles. The molecule has 0 nitrogen and oxygen atoms in total. The van der Waals surface area contributed by atoms with E-state index in [0.29, 0.717) is 0 Å². The van der Waals surface area contributed by atoms with E-state index in [0.717, 1.165) is 0 Å². The quantitative estimate of drug-likeness (QED) is 0.507. The molecule has 0 saturated carbocycles. The van der Waals surface area contributed by atoms with E-state index < -0.39 is 0 Å². The summed E-state index contributed by atoms with van der Waals surface area (Å²) in [5.41, 5.74) is 1.31. The molecule has 0 aliphatic carbocycles. The third-order valence-corrected chi connectivity index (χ3v) is 2.41. The standard InChI is InChI=1S/C6H6Br.C5H5.Fe/c1-5-3-2-4-6(5)7;1-2-4-5-3-1;/h2-4H,1H3;1-5H;/q2*-1;+2. The summed E-state index contributed by atoms with van der Waals surface area (Å²) in [7, 11) is 0. The van der Waals surface area contributed by atoms with E-state index >= 15 is 0 Å². The summed E-state index contributed by atoms with van der Waals surface area (Å²) in [4.78, 5) is 0. The van der Waals surface area contributed by atoms with Crippen LogP contribution < -0.4 is 0 Å². The fourth-order valence-electron chi connectivity index (χ4n) is 0.809. The van der Waals surface area contributed by atoms with Crippen LogP contribution in [0.25, 0.3) is 0 Å². The maximum absolute atomic E-state index is 3.37. The number of halogens is 1. The van der Waals surface area contributed by atoms with Crippen molar-refractivity contribution >= 4 is 15.9 Å². The molecule has 0 fully saturated rings. The summed E-state index contributed by atoms with van der Waals surface area (Å²) >= 11 is 3.37. The van der Waals surface area contributed by atoms with Crippen molar-refractivity contribution in [3.8, 4) is 0 Å². The SMILES string of the molecule is Cc1cc[cH-]c1Br.[Fe+2].c1cc[cH-]c1. The Morgan fingerprint density at radius 1 is 1.15 bits per heavy atom. The van der Waals surface area contributed by atoms with Crippen LogP contribution in [0.2, 0.25) is 0 Å². The summed E-state index contributed by atoms with van der Waals surface area (Å²) in [5.74, 6) is 0. The summed E-state index contributed by atoms with van der Waals surface area (Å²) in [6.45, 7) is 2.07. The Hall–Kier alpha value is -0.301. The van der Waals surface area contributed by atoms with Crippen LogP contribution in [0.4, 0.5) is 0 Å². The van der Waals surface area contributed by atoms with Crippen LogP contribution in [0.5, 0.6) is 0 Å². The average Bonchev–Trinajstić information content (AvgIpc) is 2.67. The van der Waals surface area contributed by atoms with Crippen molar-refractivity contribution < 1.29 is 17.1 Å². The van der Waals surface area contributed by atoms with Gasteiger partial charge in [0.15, 0.2) is 0 Å². The molecule has 0 saturated heterocycles. The van der Waals surface area contributed by atoms with E-state index in [1.165, 1.54) is 10.0 Å². The number of rotatable bonds is 0. The summed E-state index contributed by atoms with van der Waals surface area (Å²) in [6, 6.07) is 16.1. The molecular weight excluding hydrogens is 268 g/mol. The molecule has 2 heteroatoms. The van der Waals surface area contributed by atoms with Crippen molar-refractivity contribution in [2.75, 3.05) is 0 Å². The second-order valence-electron chi connectivity index (χ2n) is 2.52. The Kier molecular flexibility index (Phi) is 6.97. The molecule has 0 amide bonds. The van der Waals surface area contributed by atoms with Gasteiger partial charge in [0.2, 0.25) is 0 Å². The Morgan fingerprint density at radius 2 is 1.77 bits per heavy atom. The minimum absolute atomic E-state index is 0. The minimum atomic E-state index is 0. The smallest absolute Gasteiger partial charge is 0.214 e. The van der Waals surface area contributed by atoms with Gasteiger partial charge in [-0.3, -0.25) is 0 Å². The zero-order valence-corrected chi connectivity index (χ0v) is 10.0. The molecule has 0 unspecified atom stereocenters. The number of hydrogen-bond donors (Lipinski definition) is 0. The number of aryl methyl sites for hydroxylation is 1. The topological polar surface area (TPSA) is 0 Å². The first kappa shape index (κ1) is 12.7. The average molecular weight is 279 g/mol. The molecule has 0 aliphatic heterocycles. The van der Waals surface area contributed by atoms with Gasteiger partial charge in [-0.2, -0.15) is 35.9 Å². The van der Waals surface area contributed by atoms with Gasteiger partial charge >= 0.3 is 17.1 Å². The van der Waals surface area contributed by atoms with E-state index in [4.69, 9.17) is 0 Å². The molecule has 0 aliphatic rings. The van der Waals surface area contributed by atoms with E-state index in [-0.39, 0.29) is 17.1 Å². The van der Waals surface area contributed by atoms with Crippen LogP contribution >= 0.6 is 15.9 Å². The Bertz CT molecular complexity index is 262. The second-order valence-corrected chi connectivity index (χ2v) is 3.37. The maximum Gasteiger partial charge on any atom is 2.00 e. The fourth-order valence-corrected chi connectivity index (χ4v) is 1.09. The van der Waals surface area contributed by atoms with Gasteiger partial charge in [0.25, 0.3) is 0 Å². The fraction of sp³-hybridized carbons (Fsp3) is 0.0909. The zero-order valence-electron chi connectivity index (χ0n) is 7.35. The second kappa shape index (κ2) is 7.14. The first-order valence-electron chi connectivity index (χ1n) is 3.85. The normalized spacial score (nSPS) is 8.15. The Balaban J connectivity index is 0.000000215. The molecule has 0 spiro atoms. The first-order valence-corrected chi connectivity index (χ1v) is 4.64. The van der Waals surface area contributed by atoms with Crippen LogP contribution in [0.3, 0.4) is 0 Å². The van der Waals surface area contributed by atoms with E-state index in [2.05, 4.69) is 28.9 Å². The van der Waals surface area contributed by atoms with Crippen LogP contribution in [0, 0.1) is 6.92 Å². The third-order valence-electron chi connectivity index (χ3n) is 1.52. The van der Waals surface area contributed by atoms with E-state index in [1.54, 1.807) is 0 Å². The third kappa shape index (κ3) is 5.09. The molecule has 0 N–H and O–H groups in total. The summed E-state index contributed by atoms with van der Waals surface area (Å²) in [5, 5.41) is 0. The van der Waals surface area contributed by atoms with E-state index in [1.807, 2.05) is 42.5 Å². The minimum Gasteiger partial charge on any atom is -0.214 e. The Morgan fingerprint density at radius 3 is 1.92 bits per heavy atom. The largest absolute Gasteiger partial charge is 2.00 e. The van der Waals surface area contributed by atoms with Crippen LogP contribution in [0.1, 0.15) is 5.56 Å². The van der Waals surface area contributed by atoms with Crippen molar-refractivity contribution in [1.29, 1.82) is 0 Å². The van der Waals surface area contributed by atoms with Crippen LogP contribution in [-0.2, 0) is 17.1 Å². The molecule has 0 radical (unpaired) electrons. The van der Waals surface area contributed by atoms with Gasteiger partial charge in [-0.05, 0) is 0 Å². The van der Waals surface area contributed by atoms with Gasteiger partial charge in [0, 0.05) is 0 Å². The number of hydrogen-bond acceptors (Lipinski definition) is 0. The summed E-state index contributed by atoms with van der Waals surface area (Å²) in [6.07, 6.45) is 0. The molecule has 13 heavy (non-hydrogen) atoms. The molecule has 0 heterocycles.